The van der Waals surface area contributed by atoms with Crippen molar-refractivity contribution in [1.29, 1.82) is 0 Å². The zero-order chi connectivity index (χ0) is 17.0. The van der Waals surface area contributed by atoms with Crippen molar-refractivity contribution in [3.63, 3.8) is 0 Å². The summed E-state index contributed by atoms with van der Waals surface area (Å²) in [6, 6.07) is 6.13. The van der Waals surface area contributed by atoms with E-state index in [4.69, 9.17) is 5.11 Å². The van der Waals surface area contributed by atoms with Gasteiger partial charge in [0.25, 0.3) is 10.0 Å². The Morgan fingerprint density at radius 3 is 2.22 bits per heavy atom. The van der Waals surface area contributed by atoms with Gasteiger partial charge in [0.1, 0.15) is 0 Å². The Hall–Kier alpha value is -2.19. The van der Waals surface area contributed by atoms with E-state index in [-0.39, 0.29) is 17.7 Å². The number of nitrogens with one attached hydrogen (secondary N) is 2. The quantitative estimate of drug-likeness (QED) is 0.547. The number of hydrogen-bond acceptors (Lipinski definition) is 4. The van der Waals surface area contributed by atoms with Gasteiger partial charge in [0, 0.05) is 0 Å². The highest BCUT2D eigenvalue weighted by Crippen LogP contribution is 2.25. The highest BCUT2D eigenvalue weighted by atomic mass is 32.2. The molecule has 1 aliphatic carbocycles. The zero-order valence-electron chi connectivity index (χ0n) is 12.5. The van der Waals surface area contributed by atoms with Crippen molar-refractivity contribution in [3.05, 3.63) is 42.0 Å². The summed E-state index contributed by atoms with van der Waals surface area (Å²) >= 11 is 0. The number of allylic oxidation sites excluding steroid dienone is 2. The lowest BCUT2D eigenvalue weighted by atomic mass is 9.82. The molecule has 0 aliphatic heterocycles. The van der Waals surface area contributed by atoms with Gasteiger partial charge >= 0.3 is 5.97 Å². The zero-order valence-corrected chi connectivity index (χ0v) is 13.3. The van der Waals surface area contributed by atoms with Gasteiger partial charge < -0.3 is 5.11 Å². The normalized spacial score (nSPS) is 20.9. The standard InChI is InChI=1S/C15H18N2O5S/c1-10-6-8-11(9-7-10)23(21,22)17-16-14(18)12-4-2-3-5-13(12)15(19)20/h2-3,6-9,12-13,17H,4-5H2,1H3,(H,16,18)(H,19,20)/t12-,13+/m0/s1. The average molecular weight is 338 g/mol. The second-order valence-corrected chi connectivity index (χ2v) is 7.08. The summed E-state index contributed by atoms with van der Waals surface area (Å²) in [6.45, 7) is 1.83. The van der Waals surface area contributed by atoms with E-state index < -0.39 is 33.7 Å². The Morgan fingerprint density at radius 1 is 1.09 bits per heavy atom. The van der Waals surface area contributed by atoms with Gasteiger partial charge in [0.2, 0.25) is 5.91 Å². The first-order chi connectivity index (χ1) is 10.8. The van der Waals surface area contributed by atoms with Crippen LogP contribution in [0.3, 0.4) is 0 Å². The second kappa shape index (κ2) is 6.93. The molecule has 124 valence electrons. The highest BCUT2D eigenvalue weighted by molar-refractivity contribution is 7.89. The van der Waals surface area contributed by atoms with Gasteiger partial charge in [-0.1, -0.05) is 29.8 Å². The van der Waals surface area contributed by atoms with Crippen LogP contribution in [0.15, 0.2) is 41.3 Å². The van der Waals surface area contributed by atoms with E-state index in [1.54, 1.807) is 24.3 Å². The maximum absolute atomic E-state index is 12.1. The molecule has 8 heteroatoms. The molecule has 0 fully saturated rings. The van der Waals surface area contributed by atoms with Crippen LogP contribution in [-0.4, -0.2) is 25.4 Å². The van der Waals surface area contributed by atoms with Crippen molar-refractivity contribution >= 4 is 21.9 Å². The summed E-state index contributed by atoms with van der Waals surface area (Å²) in [5.41, 5.74) is 3.03. The minimum atomic E-state index is -3.90. The van der Waals surface area contributed by atoms with Gasteiger partial charge in [0.15, 0.2) is 0 Å². The number of hydrazine groups is 1. The van der Waals surface area contributed by atoms with Crippen molar-refractivity contribution in [1.82, 2.24) is 10.3 Å². The fraction of sp³-hybridized carbons (Fsp3) is 0.333. The molecule has 2 rings (SSSR count). The lowest BCUT2D eigenvalue weighted by Crippen LogP contribution is -2.47. The molecule has 0 aromatic heterocycles. The molecule has 1 aromatic carbocycles. The number of aliphatic carboxylic acids is 1. The van der Waals surface area contributed by atoms with Crippen LogP contribution < -0.4 is 10.3 Å². The molecular formula is C15H18N2O5S. The summed E-state index contributed by atoms with van der Waals surface area (Å²) in [5, 5.41) is 9.14. The van der Waals surface area contributed by atoms with Gasteiger partial charge in [0.05, 0.1) is 16.7 Å². The molecular weight excluding hydrogens is 320 g/mol. The molecule has 23 heavy (non-hydrogen) atoms. The van der Waals surface area contributed by atoms with E-state index in [1.165, 1.54) is 12.1 Å². The predicted octanol–water partition coefficient (Wildman–Crippen LogP) is 0.972. The van der Waals surface area contributed by atoms with E-state index in [0.29, 0.717) is 0 Å². The SMILES string of the molecule is Cc1ccc(S(=O)(=O)NNC(=O)[C@H]2CC=CC[C@H]2C(=O)O)cc1. The number of aryl methyl sites for hydroxylation is 1. The molecule has 1 aromatic rings. The van der Waals surface area contributed by atoms with Crippen LogP contribution in [0.5, 0.6) is 0 Å². The third-order valence-corrected chi connectivity index (χ3v) is 4.99. The number of carboxylic acid groups (broad SMARTS) is 1. The Balaban J connectivity index is 2.04. The largest absolute Gasteiger partial charge is 0.481 e. The molecule has 7 nitrogen and oxygen atoms in total. The number of sulfonamides is 1. The molecule has 3 N–H and O–H groups in total. The topological polar surface area (TPSA) is 113 Å². The van der Waals surface area contributed by atoms with Crippen molar-refractivity contribution in [3.8, 4) is 0 Å². The Bertz CT molecular complexity index is 725. The average Bonchev–Trinajstić information content (AvgIpc) is 2.53. The molecule has 0 saturated heterocycles. The Kier molecular flexibility index (Phi) is 5.17. The predicted molar refractivity (Wildman–Crippen MR) is 82.6 cm³/mol. The summed E-state index contributed by atoms with van der Waals surface area (Å²) in [4.78, 5) is 25.3. The minimum absolute atomic E-state index is 0.0155. The third kappa shape index (κ3) is 4.17. The highest BCUT2D eigenvalue weighted by Gasteiger charge is 2.34. The molecule has 0 radical (unpaired) electrons. The number of carbonyl (C=O) groups is 2. The van der Waals surface area contributed by atoms with Crippen LogP contribution >= 0.6 is 0 Å². The van der Waals surface area contributed by atoms with E-state index in [9.17, 15) is 18.0 Å². The van der Waals surface area contributed by atoms with E-state index in [1.807, 2.05) is 11.8 Å². The van der Waals surface area contributed by atoms with Gasteiger partial charge in [-0.2, -0.15) is 0 Å². The van der Waals surface area contributed by atoms with Crippen LogP contribution in [-0.2, 0) is 19.6 Å². The summed E-state index contributed by atoms with van der Waals surface area (Å²) in [6.07, 6.45) is 3.93. The van der Waals surface area contributed by atoms with E-state index >= 15 is 0 Å². The van der Waals surface area contributed by atoms with Crippen LogP contribution in [0.4, 0.5) is 0 Å². The number of carbonyl (C=O) groups excluding carboxylic acids is 1. The smallest absolute Gasteiger partial charge is 0.307 e. The molecule has 0 spiro atoms. The first kappa shape index (κ1) is 17.2. The number of hydrogen-bond donors (Lipinski definition) is 3. The lowest BCUT2D eigenvalue weighted by molar-refractivity contribution is -0.147. The van der Waals surface area contributed by atoms with Crippen LogP contribution in [0.25, 0.3) is 0 Å². The van der Waals surface area contributed by atoms with Crippen molar-refractivity contribution < 1.29 is 23.1 Å². The van der Waals surface area contributed by atoms with Gasteiger partial charge in [-0.25, -0.2) is 8.42 Å². The van der Waals surface area contributed by atoms with Gasteiger partial charge in [-0.15, -0.1) is 4.83 Å². The fourth-order valence-corrected chi connectivity index (χ4v) is 3.21. The number of benzene rings is 1. The van der Waals surface area contributed by atoms with Crippen molar-refractivity contribution in [2.75, 3.05) is 0 Å². The van der Waals surface area contributed by atoms with E-state index in [0.717, 1.165) is 5.56 Å². The van der Waals surface area contributed by atoms with E-state index in [2.05, 4.69) is 5.43 Å². The number of amides is 1. The second-order valence-electron chi connectivity index (χ2n) is 5.40. The van der Waals surface area contributed by atoms with Crippen LogP contribution in [0, 0.1) is 18.8 Å². The summed E-state index contributed by atoms with van der Waals surface area (Å²) in [5.74, 6) is -3.39. The maximum Gasteiger partial charge on any atom is 0.307 e. The third-order valence-electron chi connectivity index (χ3n) is 3.73. The fourth-order valence-electron chi connectivity index (χ4n) is 2.36. The molecule has 0 heterocycles. The molecule has 2 atom stereocenters. The molecule has 0 bridgehead atoms. The van der Waals surface area contributed by atoms with Gasteiger partial charge in [-0.05, 0) is 31.9 Å². The molecule has 0 saturated carbocycles. The summed E-state index contributed by atoms with van der Waals surface area (Å²) < 4.78 is 24.2. The molecule has 1 amide bonds. The van der Waals surface area contributed by atoms with Crippen LogP contribution in [0.2, 0.25) is 0 Å². The van der Waals surface area contributed by atoms with Gasteiger partial charge in [-0.3, -0.25) is 15.0 Å². The molecule has 1 aliphatic rings. The van der Waals surface area contributed by atoms with Crippen LogP contribution in [0.1, 0.15) is 18.4 Å². The number of carboxylic acids is 1. The lowest BCUT2D eigenvalue weighted by Gasteiger charge is -2.24. The van der Waals surface area contributed by atoms with Crippen molar-refractivity contribution in [2.45, 2.75) is 24.7 Å². The molecule has 0 unspecified atom stereocenters. The Morgan fingerprint density at radius 2 is 1.65 bits per heavy atom. The Labute approximate surface area is 134 Å². The monoisotopic (exact) mass is 338 g/mol. The minimum Gasteiger partial charge on any atom is -0.481 e. The van der Waals surface area contributed by atoms with Crippen molar-refractivity contribution in [2.24, 2.45) is 11.8 Å². The first-order valence-electron chi connectivity index (χ1n) is 7.07. The summed E-state index contributed by atoms with van der Waals surface area (Å²) in [7, 11) is -3.90. The first-order valence-corrected chi connectivity index (χ1v) is 8.55. The maximum atomic E-state index is 12.1. The number of rotatable bonds is 5.